The number of anilines is 3. The summed E-state index contributed by atoms with van der Waals surface area (Å²) in [4.78, 5) is 17.7. The fourth-order valence-corrected chi connectivity index (χ4v) is 5.98. The number of hydrogen-bond donors (Lipinski definition) is 3. The van der Waals surface area contributed by atoms with E-state index in [4.69, 9.17) is 10.9 Å². The van der Waals surface area contributed by atoms with E-state index >= 15 is 0 Å². The minimum absolute atomic E-state index is 0.00527. The van der Waals surface area contributed by atoms with Crippen molar-refractivity contribution in [3.05, 3.63) is 48.3 Å². The van der Waals surface area contributed by atoms with Gasteiger partial charge in [0.15, 0.2) is 5.13 Å². The predicted octanol–water partition coefficient (Wildman–Crippen LogP) is 3.93. The van der Waals surface area contributed by atoms with Gasteiger partial charge >= 0.3 is 0 Å². The molecule has 2 heterocycles. The van der Waals surface area contributed by atoms with Crippen LogP contribution in [-0.2, 0) is 10.0 Å². The molecule has 136 valence electrons. The average Bonchev–Trinajstić information content (AvgIpc) is 3.08. The van der Waals surface area contributed by atoms with Crippen molar-refractivity contribution in [3.63, 3.8) is 0 Å². The normalized spacial score (nSPS) is 11.5. The van der Waals surface area contributed by atoms with Gasteiger partial charge in [0, 0.05) is 10.2 Å². The van der Waals surface area contributed by atoms with E-state index in [2.05, 4.69) is 42.2 Å². The molecule has 7 nitrogen and oxygen atoms in total. The molecule has 0 aliphatic heterocycles. The molecule has 26 heavy (non-hydrogen) atoms. The third-order valence-corrected chi connectivity index (χ3v) is 7.60. The molecule has 0 saturated heterocycles. The van der Waals surface area contributed by atoms with Gasteiger partial charge in [0.2, 0.25) is 15.8 Å². The molecule has 3 aromatic rings. The Morgan fingerprint density at radius 3 is 2.31 bits per heavy atom. The Hall–Kier alpha value is -1.31. The Morgan fingerprint density at radius 1 is 1.12 bits per heavy atom. The number of nitrogens with one attached hydrogen (secondary N) is 1. The molecule has 1 aromatic carbocycles. The third-order valence-electron chi connectivity index (χ3n) is 3.16. The second-order valence-corrected chi connectivity index (χ2v) is 10.8. The van der Waals surface area contributed by atoms with Crippen molar-refractivity contribution in [2.45, 2.75) is 4.90 Å². The number of nitrogen functional groups attached to an aromatic ring is 1. The quantitative estimate of drug-likeness (QED) is 0.423. The highest BCUT2D eigenvalue weighted by molar-refractivity contribution is 9.11. The van der Waals surface area contributed by atoms with Crippen LogP contribution in [0.25, 0.3) is 0 Å². The molecule has 0 aliphatic rings. The Labute approximate surface area is 173 Å². The first-order valence-corrected chi connectivity index (χ1v) is 11.6. The SMILES string of the molecule is Nc1nc(Nc2ccc(S(N)(=O)=O)cc2)sc1C(=O)c1sc(Br)cc1Br. The lowest BCUT2D eigenvalue weighted by atomic mass is 10.3. The molecule has 0 amide bonds. The topological polar surface area (TPSA) is 128 Å². The number of carbonyl (C=O) groups is 1. The Kier molecular flexibility index (Phi) is 5.51. The second-order valence-electron chi connectivity index (χ2n) is 4.98. The Bertz CT molecular complexity index is 1090. The second kappa shape index (κ2) is 7.37. The van der Waals surface area contributed by atoms with Crippen LogP contribution < -0.4 is 16.2 Å². The van der Waals surface area contributed by atoms with Crippen LogP contribution in [0.15, 0.2) is 43.5 Å². The lowest BCUT2D eigenvalue weighted by Crippen LogP contribution is -2.11. The molecule has 0 fully saturated rings. The Morgan fingerprint density at radius 2 is 1.77 bits per heavy atom. The molecule has 12 heteroatoms. The first-order valence-electron chi connectivity index (χ1n) is 6.81. The number of nitrogens with zero attached hydrogens (tertiary/aromatic N) is 1. The van der Waals surface area contributed by atoms with Gasteiger partial charge in [-0.25, -0.2) is 18.5 Å². The summed E-state index contributed by atoms with van der Waals surface area (Å²) in [5, 5.41) is 8.48. The molecular formula is C14H10Br2N4O3S3. The maximum atomic E-state index is 12.7. The van der Waals surface area contributed by atoms with E-state index in [1.54, 1.807) is 18.2 Å². The van der Waals surface area contributed by atoms with E-state index in [9.17, 15) is 13.2 Å². The summed E-state index contributed by atoms with van der Waals surface area (Å²) in [6, 6.07) is 7.64. The molecule has 3 rings (SSSR count). The van der Waals surface area contributed by atoms with E-state index in [0.29, 0.717) is 25.0 Å². The van der Waals surface area contributed by atoms with Crippen molar-refractivity contribution in [2.75, 3.05) is 11.1 Å². The summed E-state index contributed by atoms with van der Waals surface area (Å²) >= 11 is 9.10. The lowest BCUT2D eigenvalue weighted by molar-refractivity contribution is 0.104. The zero-order chi connectivity index (χ0) is 19.1. The van der Waals surface area contributed by atoms with Gasteiger partial charge in [-0.2, -0.15) is 0 Å². The molecule has 0 aliphatic carbocycles. The van der Waals surface area contributed by atoms with Gasteiger partial charge in [-0.3, -0.25) is 4.79 Å². The first kappa shape index (κ1) is 19.5. The predicted molar refractivity (Wildman–Crippen MR) is 111 cm³/mol. The van der Waals surface area contributed by atoms with Crippen molar-refractivity contribution in [1.82, 2.24) is 4.98 Å². The van der Waals surface area contributed by atoms with Crippen molar-refractivity contribution in [2.24, 2.45) is 5.14 Å². The number of thiazole rings is 1. The molecule has 0 atom stereocenters. The largest absolute Gasteiger partial charge is 0.382 e. The van der Waals surface area contributed by atoms with Crippen molar-refractivity contribution in [1.29, 1.82) is 0 Å². The average molecular weight is 538 g/mol. The summed E-state index contributed by atoms with van der Waals surface area (Å²) in [5.74, 6) is -0.0970. The van der Waals surface area contributed by atoms with E-state index in [1.807, 2.05) is 0 Å². The molecule has 5 N–H and O–H groups in total. The van der Waals surface area contributed by atoms with Gasteiger partial charge < -0.3 is 11.1 Å². The van der Waals surface area contributed by atoms with Crippen LogP contribution >= 0.6 is 54.5 Å². The van der Waals surface area contributed by atoms with Gasteiger partial charge in [-0.15, -0.1) is 11.3 Å². The lowest BCUT2D eigenvalue weighted by Gasteiger charge is -2.03. The zero-order valence-corrected chi connectivity index (χ0v) is 18.3. The van der Waals surface area contributed by atoms with Crippen molar-refractivity contribution < 1.29 is 13.2 Å². The zero-order valence-electron chi connectivity index (χ0n) is 12.7. The van der Waals surface area contributed by atoms with E-state index in [1.165, 1.54) is 23.5 Å². The number of ketones is 1. The van der Waals surface area contributed by atoms with Crippen LogP contribution in [0.5, 0.6) is 0 Å². The number of halogens is 2. The van der Waals surface area contributed by atoms with E-state index in [-0.39, 0.29) is 16.5 Å². The van der Waals surface area contributed by atoms with Crippen LogP contribution in [0, 0.1) is 0 Å². The van der Waals surface area contributed by atoms with E-state index in [0.717, 1.165) is 15.1 Å². The number of sulfonamides is 1. The highest BCUT2D eigenvalue weighted by Gasteiger charge is 2.22. The van der Waals surface area contributed by atoms with Crippen molar-refractivity contribution in [3.8, 4) is 0 Å². The number of aromatic nitrogens is 1. The summed E-state index contributed by atoms with van der Waals surface area (Å²) in [7, 11) is -3.75. The number of rotatable bonds is 5. The monoisotopic (exact) mass is 536 g/mol. The van der Waals surface area contributed by atoms with Gasteiger partial charge in [-0.1, -0.05) is 11.3 Å². The standard InChI is InChI=1S/C14H10Br2N4O3S3/c15-8-5-9(16)24-11(8)10(21)12-13(17)20-14(25-12)19-6-1-3-7(4-2-6)26(18,22)23/h1-5H,17H2,(H,19,20)(H2,18,22,23). The maximum absolute atomic E-state index is 12.7. The van der Waals surface area contributed by atoms with Crippen LogP contribution in [0.3, 0.4) is 0 Å². The number of benzene rings is 1. The molecule has 0 spiro atoms. The molecule has 0 unspecified atom stereocenters. The highest BCUT2D eigenvalue weighted by Crippen LogP contribution is 2.36. The number of hydrogen-bond acceptors (Lipinski definition) is 8. The molecule has 0 saturated carbocycles. The Balaban J connectivity index is 1.84. The summed E-state index contributed by atoms with van der Waals surface area (Å²) in [5.41, 5.74) is 6.48. The summed E-state index contributed by atoms with van der Waals surface area (Å²) in [6.45, 7) is 0. The first-order chi connectivity index (χ1) is 12.1. The van der Waals surface area contributed by atoms with Gasteiger partial charge in [0.25, 0.3) is 0 Å². The number of primary sulfonamides is 1. The fraction of sp³-hybridized carbons (Fsp3) is 0. The van der Waals surface area contributed by atoms with Crippen LogP contribution in [0.2, 0.25) is 0 Å². The number of nitrogens with two attached hydrogens (primary N) is 2. The fourth-order valence-electron chi connectivity index (χ4n) is 2.00. The molecule has 2 aromatic heterocycles. The highest BCUT2D eigenvalue weighted by atomic mass is 79.9. The number of thiophene rings is 1. The number of carbonyl (C=O) groups excluding carboxylic acids is 1. The minimum atomic E-state index is -3.75. The summed E-state index contributed by atoms with van der Waals surface area (Å²) < 4.78 is 24.1. The van der Waals surface area contributed by atoms with Gasteiger partial charge in [0.1, 0.15) is 10.7 Å². The maximum Gasteiger partial charge on any atom is 0.238 e. The van der Waals surface area contributed by atoms with Gasteiger partial charge in [-0.05, 0) is 62.2 Å². The summed E-state index contributed by atoms with van der Waals surface area (Å²) in [6.07, 6.45) is 0. The molecule has 0 bridgehead atoms. The third kappa shape index (κ3) is 4.15. The molecule has 0 radical (unpaired) electrons. The van der Waals surface area contributed by atoms with Crippen LogP contribution in [0.1, 0.15) is 14.5 Å². The van der Waals surface area contributed by atoms with E-state index < -0.39 is 10.0 Å². The van der Waals surface area contributed by atoms with Crippen LogP contribution in [0.4, 0.5) is 16.6 Å². The van der Waals surface area contributed by atoms with Crippen molar-refractivity contribution >= 4 is 87.0 Å². The molecular weight excluding hydrogens is 528 g/mol. The smallest absolute Gasteiger partial charge is 0.238 e. The van der Waals surface area contributed by atoms with Crippen LogP contribution in [-0.4, -0.2) is 19.2 Å². The van der Waals surface area contributed by atoms with Gasteiger partial charge in [0.05, 0.1) is 13.6 Å². The minimum Gasteiger partial charge on any atom is -0.382 e.